The van der Waals surface area contributed by atoms with Crippen LogP contribution in [0.1, 0.15) is 18.9 Å². The Balaban J connectivity index is 1.45. The van der Waals surface area contributed by atoms with E-state index in [1.807, 2.05) is 49.4 Å². The van der Waals surface area contributed by atoms with Crippen LogP contribution in [0.3, 0.4) is 0 Å². The quantitative estimate of drug-likeness (QED) is 0.303. The summed E-state index contributed by atoms with van der Waals surface area (Å²) in [4.78, 5) is 12.1. The molecule has 29 heavy (non-hydrogen) atoms. The molecule has 3 rings (SSSR count). The van der Waals surface area contributed by atoms with Crippen molar-refractivity contribution in [2.45, 2.75) is 24.9 Å². The third-order valence-electron chi connectivity index (χ3n) is 4.23. The summed E-state index contributed by atoms with van der Waals surface area (Å²) in [6.45, 7) is 3.19. The Kier molecular flexibility index (Phi) is 7.52. The number of rotatable bonds is 10. The normalized spacial score (nSPS) is 10.7. The lowest BCUT2D eigenvalue weighted by atomic mass is 10.1. The molecular weight excluding hydrogens is 386 g/mol. The number of nitrogens with zero attached hydrogens (tertiary/aromatic N) is 3. The Hall–Kier alpha value is -3.00. The topological polar surface area (TPSA) is 95.1 Å². The molecule has 2 aromatic carbocycles. The monoisotopic (exact) mass is 411 g/mol. The maximum Gasteiger partial charge on any atom is 0.230 e. The molecule has 8 heteroatoms. The minimum atomic E-state index is -0.0475. The van der Waals surface area contributed by atoms with Crippen molar-refractivity contribution in [3.05, 3.63) is 60.2 Å². The zero-order valence-electron chi connectivity index (χ0n) is 16.4. The summed E-state index contributed by atoms with van der Waals surface area (Å²) in [7, 11) is 0. The number of ether oxygens (including phenoxy) is 1. The van der Waals surface area contributed by atoms with E-state index < -0.39 is 0 Å². The summed E-state index contributed by atoms with van der Waals surface area (Å²) in [6, 6.07) is 17.7. The van der Waals surface area contributed by atoms with Gasteiger partial charge >= 0.3 is 0 Å². The lowest BCUT2D eigenvalue weighted by molar-refractivity contribution is -0.118. The summed E-state index contributed by atoms with van der Waals surface area (Å²) in [5, 5.41) is 11.7. The van der Waals surface area contributed by atoms with E-state index in [-0.39, 0.29) is 11.7 Å². The lowest BCUT2D eigenvalue weighted by Gasteiger charge is -2.06. The highest BCUT2D eigenvalue weighted by atomic mass is 32.2. The number of amides is 1. The highest BCUT2D eigenvalue weighted by Crippen LogP contribution is 2.23. The van der Waals surface area contributed by atoms with E-state index in [2.05, 4.69) is 27.6 Å². The number of aryl methyl sites for hydroxylation is 1. The summed E-state index contributed by atoms with van der Waals surface area (Å²) in [6.07, 6.45) is 1.84. The van der Waals surface area contributed by atoms with Gasteiger partial charge in [0, 0.05) is 12.1 Å². The average molecular weight is 412 g/mol. The second-order valence-corrected chi connectivity index (χ2v) is 7.30. The van der Waals surface area contributed by atoms with E-state index in [1.54, 1.807) is 0 Å². The molecule has 152 valence electrons. The van der Waals surface area contributed by atoms with E-state index in [0.717, 1.165) is 24.2 Å². The number of benzene rings is 2. The first-order valence-electron chi connectivity index (χ1n) is 9.54. The van der Waals surface area contributed by atoms with Crippen molar-refractivity contribution in [1.82, 2.24) is 20.2 Å². The van der Waals surface area contributed by atoms with Gasteiger partial charge in [0.1, 0.15) is 5.75 Å². The van der Waals surface area contributed by atoms with E-state index in [0.29, 0.717) is 24.1 Å². The fourth-order valence-electron chi connectivity index (χ4n) is 2.79. The first-order valence-corrected chi connectivity index (χ1v) is 10.5. The third kappa shape index (κ3) is 5.99. The minimum absolute atomic E-state index is 0.0475. The molecule has 1 aromatic heterocycles. The molecule has 0 spiro atoms. The number of nitrogens with one attached hydrogen (secondary N) is 1. The number of thioether (sulfide) groups is 1. The molecular formula is C21H25N5O2S. The van der Waals surface area contributed by atoms with Crippen LogP contribution in [0.4, 0.5) is 0 Å². The zero-order valence-corrected chi connectivity index (χ0v) is 17.2. The highest BCUT2D eigenvalue weighted by Gasteiger charge is 2.13. The molecule has 0 saturated heterocycles. The fraction of sp³-hybridized carbons (Fsp3) is 0.286. The largest absolute Gasteiger partial charge is 0.494 e. The maximum atomic E-state index is 12.1. The predicted molar refractivity (Wildman–Crippen MR) is 115 cm³/mol. The summed E-state index contributed by atoms with van der Waals surface area (Å²) in [5.41, 5.74) is 2.11. The van der Waals surface area contributed by atoms with Crippen molar-refractivity contribution in [3.63, 3.8) is 0 Å². The van der Waals surface area contributed by atoms with Gasteiger partial charge in [-0.05, 0) is 49.6 Å². The minimum Gasteiger partial charge on any atom is -0.494 e. The van der Waals surface area contributed by atoms with Gasteiger partial charge in [-0.25, -0.2) is 4.68 Å². The van der Waals surface area contributed by atoms with Crippen LogP contribution < -0.4 is 15.9 Å². The molecule has 0 aliphatic heterocycles. The molecule has 0 fully saturated rings. The summed E-state index contributed by atoms with van der Waals surface area (Å²) < 4.78 is 6.85. The van der Waals surface area contributed by atoms with Gasteiger partial charge in [0.05, 0.1) is 12.4 Å². The van der Waals surface area contributed by atoms with E-state index in [4.69, 9.17) is 10.6 Å². The maximum absolute atomic E-state index is 12.1. The molecule has 0 radical (unpaired) electrons. The molecule has 0 aliphatic rings. The fourth-order valence-corrected chi connectivity index (χ4v) is 3.47. The number of aromatic nitrogens is 3. The first-order chi connectivity index (χ1) is 14.2. The lowest BCUT2D eigenvalue weighted by Crippen LogP contribution is -2.26. The van der Waals surface area contributed by atoms with Gasteiger partial charge < -0.3 is 15.9 Å². The molecule has 1 heterocycles. The molecule has 1 amide bonds. The predicted octanol–water partition coefficient (Wildman–Crippen LogP) is 2.90. The molecule has 0 aliphatic carbocycles. The Morgan fingerprint density at radius 1 is 1.14 bits per heavy atom. The van der Waals surface area contributed by atoms with Crippen LogP contribution in [0.15, 0.2) is 59.8 Å². The molecule has 3 aromatic rings. The number of carbonyl (C=O) groups is 1. The van der Waals surface area contributed by atoms with Gasteiger partial charge in [-0.15, -0.1) is 10.2 Å². The van der Waals surface area contributed by atoms with Crippen molar-refractivity contribution >= 4 is 17.7 Å². The van der Waals surface area contributed by atoms with E-state index >= 15 is 0 Å². The Labute approximate surface area is 174 Å². The zero-order chi connectivity index (χ0) is 20.5. The van der Waals surface area contributed by atoms with Gasteiger partial charge in [0.15, 0.2) is 5.82 Å². The number of hydrogen-bond donors (Lipinski definition) is 2. The second-order valence-electron chi connectivity index (χ2n) is 6.36. The van der Waals surface area contributed by atoms with Crippen molar-refractivity contribution in [3.8, 4) is 17.1 Å². The second kappa shape index (κ2) is 10.5. The molecule has 3 N–H and O–H groups in total. The van der Waals surface area contributed by atoms with Gasteiger partial charge in [-0.1, -0.05) is 42.1 Å². The van der Waals surface area contributed by atoms with Crippen LogP contribution in [-0.2, 0) is 11.2 Å². The molecule has 0 atom stereocenters. The number of carbonyl (C=O) groups excluding carboxylic acids is 1. The molecule has 0 bridgehead atoms. The van der Waals surface area contributed by atoms with Gasteiger partial charge in [-0.3, -0.25) is 4.79 Å². The van der Waals surface area contributed by atoms with Gasteiger partial charge in [0.2, 0.25) is 11.1 Å². The standard InChI is InChI=1S/C21H25N5O2S/c1-2-28-18-12-10-17(11-13-18)20-24-25-21(26(20)22)29-15-19(27)23-14-6-9-16-7-4-3-5-8-16/h3-5,7-8,10-13H,2,6,9,14-15,22H2,1H3,(H,23,27). The van der Waals surface area contributed by atoms with Gasteiger partial charge in [0.25, 0.3) is 0 Å². The Morgan fingerprint density at radius 3 is 2.62 bits per heavy atom. The smallest absolute Gasteiger partial charge is 0.230 e. The highest BCUT2D eigenvalue weighted by molar-refractivity contribution is 7.99. The Bertz CT molecular complexity index is 913. The number of nitrogens with two attached hydrogens (primary N) is 1. The third-order valence-corrected chi connectivity index (χ3v) is 5.17. The van der Waals surface area contributed by atoms with Crippen molar-refractivity contribution in [1.29, 1.82) is 0 Å². The van der Waals surface area contributed by atoms with Gasteiger partial charge in [-0.2, -0.15) is 0 Å². The van der Waals surface area contributed by atoms with Crippen LogP contribution in [0.25, 0.3) is 11.4 Å². The number of hydrogen-bond acceptors (Lipinski definition) is 6. The van der Waals surface area contributed by atoms with E-state index in [1.165, 1.54) is 22.0 Å². The van der Waals surface area contributed by atoms with E-state index in [9.17, 15) is 4.79 Å². The summed E-state index contributed by atoms with van der Waals surface area (Å²) in [5.74, 6) is 7.64. The van der Waals surface area contributed by atoms with Crippen molar-refractivity contribution in [2.24, 2.45) is 0 Å². The van der Waals surface area contributed by atoms with Crippen LogP contribution in [-0.4, -0.2) is 39.7 Å². The van der Waals surface area contributed by atoms with Crippen LogP contribution in [0.5, 0.6) is 5.75 Å². The van der Waals surface area contributed by atoms with Crippen LogP contribution in [0.2, 0.25) is 0 Å². The van der Waals surface area contributed by atoms with Crippen LogP contribution in [0, 0.1) is 0 Å². The number of nitrogen functional groups attached to an aromatic ring is 1. The van der Waals surface area contributed by atoms with Crippen LogP contribution >= 0.6 is 11.8 Å². The van der Waals surface area contributed by atoms with Crippen molar-refractivity contribution < 1.29 is 9.53 Å². The summed E-state index contributed by atoms with van der Waals surface area (Å²) >= 11 is 1.26. The SMILES string of the molecule is CCOc1ccc(-c2nnc(SCC(=O)NCCCc3ccccc3)n2N)cc1. The molecule has 0 saturated carbocycles. The Morgan fingerprint density at radius 2 is 1.90 bits per heavy atom. The average Bonchev–Trinajstić information content (AvgIpc) is 3.11. The molecule has 7 nitrogen and oxygen atoms in total. The molecule has 0 unspecified atom stereocenters. The first kappa shape index (κ1) is 20.7. The van der Waals surface area contributed by atoms with Crippen molar-refractivity contribution in [2.75, 3.05) is 24.7 Å².